The number of carbonyl (C=O) groups is 1. The third kappa shape index (κ3) is 7.92. The summed E-state index contributed by atoms with van der Waals surface area (Å²) in [7, 11) is 0.00306. The highest BCUT2D eigenvalue weighted by Crippen LogP contribution is 2.43. The fraction of sp³-hybridized carbons (Fsp3) is 0.609. The molecule has 188 valence electrons. The first kappa shape index (κ1) is 29.3. The van der Waals surface area contributed by atoms with Gasteiger partial charge in [0.25, 0.3) is 0 Å². The van der Waals surface area contributed by atoms with Crippen LogP contribution in [0.1, 0.15) is 26.3 Å². The van der Waals surface area contributed by atoms with Gasteiger partial charge in [0.2, 0.25) is 5.60 Å². The number of ether oxygens (including phenoxy) is 4. The summed E-state index contributed by atoms with van der Waals surface area (Å²) in [6, 6.07) is 7.10. The molecule has 0 bridgehead atoms. The molecule has 0 saturated heterocycles. The molecule has 1 aromatic rings. The van der Waals surface area contributed by atoms with Gasteiger partial charge in [-0.3, -0.25) is 0 Å². The van der Waals surface area contributed by atoms with Crippen molar-refractivity contribution in [2.45, 2.75) is 63.4 Å². The number of aldehydes is 1. The van der Waals surface area contributed by atoms with Crippen molar-refractivity contribution in [3.63, 3.8) is 0 Å². The van der Waals surface area contributed by atoms with E-state index in [9.17, 15) is 18.0 Å². The summed E-state index contributed by atoms with van der Waals surface area (Å²) in [4.78, 5) is 11.9. The molecule has 0 spiro atoms. The van der Waals surface area contributed by atoms with Crippen LogP contribution in [0.25, 0.3) is 0 Å². The zero-order chi connectivity index (χ0) is 25.3. The van der Waals surface area contributed by atoms with Crippen molar-refractivity contribution in [1.29, 1.82) is 0 Å². The van der Waals surface area contributed by atoms with Crippen LogP contribution < -0.4 is 4.74 Å². The monoisotopic (exact) mass is 492 g/mol. The predicted molar refractivity (Wildman–Crippen MR) is 122 cm³/mol. The number of rotatable bonds is 13. The standard InChI is InChI=1S/C23H35F3O6Si/c1-21(2,3)33(6,7)32-20(15-27)22(23(24,25)26,31-17-28-4)13-8-14-30-16-18-9-11-19(29-5)12-10-18/h8-13,15,20H,14,16-17H2,1-7H3/b13-8-/t20-,22-/m1/s1. The van der Waals surface area contributed by atoms with E-state index in [1.54, 1.807) is 44.5 Å². The molecular formula is C23H35F3O6Si. The summed E-state index contributed by atoms with van der Waals surface area (Å²) in [5.74, 6) is 0.686. The lowest BCUT2D eigenvalue weighted by atomic mass is 9.95. The number of methoxy groups -OCH3 is 2. The fourth-order valence-electron chi connectivity index (χ4n) is 2.62. The molecule has 10 heteroatoms. The van der Waals surface area contributed by atoms with Crippen molar-refractivity contribution in [2.24, 2.45) is 0 Å². The second-order valence-electron chi connectivity index (χ2n) is 9.04. The van der Waals surface area contributed by atoms with Crippen LogP contribution in [-0.4, -0.2) is 60.1 Å². The van der Waals surface area contributed by atoms with E-state index >= 15 is 0 Å². The Kier molecular flexibility index (Phi) is 10.8. The molecular weight excluding hydrogens is 457 g/mol. The van der Waals surface area contributed by atoms with Crippen LogP contribution in [-0.2, 0) is 30.0 Å². The summed E-state index contributed by atoms with van der Waals surface area (Å²) in [5.41, 5.74) is -2.20. The predicted octanol–water partition coefficient (Wildman–Crippen LogP) is 5.28. The van der Waals surface area contributed by atoms with E-state index in [0.717, 1.165) is 11.6 Å². The van der Waals surface area contributed by atoms with Gasteiger partial charge in [-0.1, -0.05) is 39.0 Å². The van der Waals surface area contributed by atoms with E-state index in [4.69, 9.17) is 23.4 Å². The highest BCUT2D eigenvalue weighted by Gasteiger charge is 2.61. The molecule has 1 rings (SSSR count). The minimum atomic E-state index is -4.95. The second kappa shape index (κ2) is 12.1. The normalized spacial score (nSPS) is 15.9. The van der Waals surface area contributed by atoms with Crippen LogP contribution in [0.2, 0.25) is 18.1 Å². The SMILES string of the molecule is COCO[C@](/C=C\COCc1ccc(OC)cc1)([C@@H](C=O)O[Si](C)(C)C(C)(C)C)C(F)(F)F. The Balaban J connectivity index is 3.11. The van der Waals surface area contributed by atoms with Crippen molar-refractivity contribution >= 4 is 14.6 Å². The molecule has 0 fully saturated rings. The molecule has 0 aliphatic heterocycles. The van der Waals surface area contributed by atoms with Crippen molar-refractivity contribution in [1.82, 2.24) is 0 Å². The van der Waals surface area contributed by atoms with Gasteiger partial charge in [0.05, 0.1) is 20.3 Å². The van der Waals surface area contributed by atoms with Gasteiger partial charge in [0.15, 0.2) is 14.6 Å². The number of halogens is 3. The van der Waals surface area contributed by atoms with Gasteiger partial charge in [0, 0.05) is 7.11 Å². The molecule has 0 aliphatic rings. The minimum absolute atomic E-state index is 0.133. The molecule has 0 saturated carbocycles. The van der Waals surface area contributed by atoms with Gasteiger partial charge < -0.3 is 28.2 Å². The van der Waals surface area contributed by atoms with Gasteiger partial charge in [-0.05, 0) is 41.9 Å². The van der Waals surface area contributed by atoms with Crippen LogP contribution in [0, 0.1) is 0 Å². The van der Waals surface area contributed by atoms with E-state index < -0.39 is 38.0 Å². The van der Waals surface area contributed by atoms with Crippen molar-refractivity contribution < 1.29 is 41.3 Å². The first-order valence-electron chi connectivity index (χ1n) is 10.4. The third-order valence-corrected chi connectivity index (χ3v) is 10.1. The molecule has 1 aromatic carbocycles. The van der Waals surface area contributed by atoms with E-state index in [1.165, 1.54) is 13.2 Å². The summed E-state index contributed by atoms with van der Waals surface area (Å²) in [6.45, 7) is 8.52. The molecule has 2 atom stereocenters. The first-order chi connectivity index (χ1) is 15.2. The highest BCUT2D eigenvalue weighted by molar-refractivity contribution is 6.74. The highest BCUT2D eigenvalue weighted by atomic mass is 28.4. The van der Waals surface area contributed by atoms with Gasteiger partial charge in [0.1, 0.15) is 18.6 Å². The van der Waals surface area contributed by atoms with E-state index in [0.29, 0.717) is 5.75 Å². The van der Waals surface area contributed by atoms with Gasteiger partial charge in [-0.2, -0.15) is 13.2 Å². The smallest absolute Gasteiger partial charge is 0.424 e. The van der Waals surface area contributed by atoms with Crippen LogP contribution >= 0.6 is 0 Å². The average Bonchev–Trinajstić information content (AvgIpc) is 2.73. The third-order valence-electron chi connectivity index (χ3n) is 5.64. The summed E-state index contributed by atoms with van der Waals surface area (Å²) < 4.78 is 69.3. The number of hydrogen-bond donors (Lipinski definition) is 0. The Bertz CT molecular complexity index is 759. The first-order valence-corrected chi connectivity index (χ1v) is 13.4. The maximum absolute atomic E-state index is 14.3. The lowest BCUT2D eigenvalue weighted by Crippen LogP contribution is -2.60. The molecule has 0 heterocycles. The number of benzene rings is 1. The molecule has 0 aliphatic carbocycles. The second-order valence-corrected chi connectivity index (χ2v) is 13.8. The quantitative estimate of drug-likeness (QED) is 0.123. The van der Waals surface area contributed by atoms with Crippen LogP contribution in [0.5, 0.6) is 5.75 Å². The van der Waals surface area contributed by atoms with Gasteiger partial charge in [-0.25, -0.2) is 0 Å². The van der Waals surface area contributed by atoms with E-state index in [2.05, 4.69) is 0 Å². The van der Waals surface area contributed by atoms with Crippen molar-refractivity contribution in [3.05, 3.63) is 42.0 Å². The van der Waals surface area contributed by atoms with Crippen molar-refractivity contribution in [3.8, 4) is 5.75 Å². The molecule has 6 nitrogen and oxygen atoms in total. The Hall–Kier alpha value is -1.72. The van der Waals surface area contributed by atoms with Crippen molar-refractivity contribution in [2.75, 3.05) is 27.6 Å². The Labute approximate surface area is 195 Å². The minimum Gasteiger partial charge on any atom is -0.497 e. The Morgan fingerprint density at radius 3 is 2.12 bits per heavy atom. The fourth-order valence-corrected chi connectivity index (χ4v) is 3.84. The molecule has 33 heavy (non-hydrogen) atoms. The molecule has 0 aromatic heterocycles. The average molecular weight is 493 g/mol. The molecule has 0 unspecified atom stereocenters. The van der Waals surface area contributed by atoms with Crippen LogP contribution in [0.15, 0.2) is 36.4 Å². The number of hydrogen-bond acceptors (Lipinski definition) is 6. The zero-order valence-corrected chi connectivity index (χ0v) is 21.3. The molecule has 0 N–H and O–H groups in total. The van der Waals surface area contributed by atoms with Crippen LogP contribution in [0.3, 0.4) is 0 Å². The zero-order valence-electron chi connectivity index (χ0n) is 20.3. The summed E-state index contributed by atoms with van der Waals surface area (Å²) in [6.07, 6.45) is -4.76. The lowest BCUT2D eigenvalue weighted by Gasteiger charge is -2.43. The summed E-state index contributed by atoms with van der Waals surface area (Å²) >= 11 is 0. The summed E-state index contributed by atoms with van der Waals surface area (Å²) in [5, 5.41) is -0.419. The Morgan fingerprint density at radius 1 is 1.06 bits per heavy atom. The Morgan fingerprint density at radius 2 is 1.67 bits per heavy atom. The lowest BCUT2D eigenvalue weighted by molar-refractivity contribution is -0.295. The molecule has 0 amide bonds. The maximum Gasteiger partial charge on any atom is 0.424 e. The van der Waals surface area contributed by atoms with E-state index in [1.807, 2.05) is 20.8 Å². The number of alkyl halides is 3. The van der Waals surface area contributed by atoms with E-state index in [-0.39, 0.29) is 19.5 Å². The largest absolute Gasteiger partial charge is 0.497 e. The van der Waals surface area contributed by atoms with Crippen LogP contribution in [0.4, 0.5) is 13.2 Å². The number of carbonyl (C=O) groups excluding carboxylic acids is 1. The maximum atomic E-state index is 14.3. The topological polar surface area (TPSA) is 63.2 Å². The molecule has 0 radical (unpaired) electrons. The van der Waals surface area contributed by atoms with Gasteiger partial charge in [-0.15, -0.1) is 0 Å². The van der Waals surface area contributed by atoms with Gasteiger partial charge >= 0.3 is 6.18 Å².